The molecule has 1 unspecified atom stereocenters. The first-order valence-electron chi connectivity index (χ1n) is 5.58. The number of hydrogen-bond donors (Lipinski definition) is 1. The summed E-state index contributed by atoms with van der Waals surface area (Å²) in [4.78, 5) is 4.22. The minimum absolute atomic E-state index is 0.0291. The maximum atomic E-state index is 13.4. The van der Waals surface area contributed by atoms with Gasteiger partial charge in [0.15, 0.2) is 0 Å². The lowest BCUT2D eigenvalue weighted by Gasteiger charge is -2.14. The van der Waals surface area contributed by atoms with Crippen molar-refractivity contribution in [3.8, 4) is 6.07 Å². The van der Waals surface area contributed by atoms with Gasteiger partial charge in [-0.25, -0.2) is 4.39 Å². The number of nitrogens with one attached hydrogen (secondary N) is 1. The van der Waals surface area contributed by atoms with Crippen LogP contribution in [0.25, 0.3) is 0 Å². The Morgan fingerprint density at radius 1 is 1.33 bits per heavy atom. The van der Waals surface area contributed by atoms with Gasteiger partial charge in [0.1, 0.15) is 11.9 Å². The van der Waals surface area contributed by atoms with Crippen molar-refractivity contribution in [2.24, 2.45) is 0 Å². The van der Waals surface area contributed by atoms with E-state index in [2.05, 4.69) is 10.3 Å². The molecule has 3 nitrogen and oxygen atoms in total. The first-order chi connectivity index (χ1) is 8.70. The molecule has 90 valence electrons. The Morgan fingerprint density at radius 2 is 2.17 bits per heavy atom. The molecule has 1 aromatic carbocycles. The van der Waals surface area contributed by atoms with Gasteiger partial charge in [-0.2, -0.15) is 5.26 Å². The predicted octanol–water partition coefficient (Wildman–Crippen LogP) is 3.27. The molecule has 18 heavy (non-hydrogen) atoms. The number of rotatable bonds is 3. The molecule has 0 saturated carbocycles. The number of pyridine rings is 1. The number of anilines is 1. The first kappa shape index (κ1) is 12.1. The van der Waals surface area contributed by atoms with E-state index >= 15 is 0 Å². The molecule has 0 aliphatic carbocycles. The fourth-order valence-electron chi connectivity index (χ4n) is 1.65. The van der Waals surface area contributed by atoms with Crippen molar-refractivity contribution in [1.82, 2.24) is 4.98 Å². The molecule has 0 saturated heterocycles. The minimum atomic E-state index is -0.518. The summed E-state index contributed by atoms with van der Waals surface area (Å²) in [5.74, 6) is -0.518. The fourth-order valence-corrected chi connectivity index (χ4v) is 1.65. The number of nitriles is 1. The number of benzene rings is 1. The Hall–Kier alpha value is -2.41. The third-order valence-corrected chi connectivity index (χ3v) is 2.60. The molecule has 2 rings (SSSR count). The maximum Gasteiger partial charge on any atom is 0.143 e. The molecule has 2 aromatic rings. The molecule has 0 aliphatic heterocycles. The molecule has 0 radical (unpaired) electrons. The zero-order chi connectivity index (χ0) is 13.0. The van der Waals surface area contributed by atoms with Gasteiger partial charge in [-0.3, -0.25) is 4.98 Å². The van der Waals surface area contributed by atoms with Crippen LogP contribution in [0.2, 0.25) is 0 Å². The van der Waals surface area contributed by atoms with Gasteiger partial charge in [0.05, 0.1) is 17.3 Å². The van der Waals surface area contributed by atoms with Crippen molar-refractivity contribution >= 4 is 5.69 Å². The van der Waals surface area contributed by atoms with Crippen LogP contribution in [-0.4, -0.2) is 4.98 Å². The second kappa shape index (κ2) is 5.28. The number of hydrogen-bond acceptors (Lipinski definition) is 3. The second-order valence-electron chi connectivity index (χ2n) is 3.93. The van der Waals surface area contributed by atoms with Gasteiger partial charge in [-0.15, -0.1) is 0 Å². The summed E-state index contributed by atoms with van der Waals surface area (Å²) in [5.41, 5.74) is 1.55. The smallest absolute Gasteiger partial charge is 0.143 e. The van der Waals surface area contributed by atoms with E-state index in [0.717, 1.165) is 5.69 Å². The summed E-state index contributed by atoms with van der Waals surface area (Å²) in [7, 11) is 0. The molecule has 1 atom stereocenters. The number of nitrogens with zero attached hydrogens (tertiary/aromatic N) is 2. The Labute approximate surface area is 105 Å². The molecule has 0 fully saturated rings. The van der Waals surface area contributed by atoms with Gasteiger partial charge < -0.3 is 5.32 Å². The SMILES string of the molecule is CC(Nc1ccc(C#N)c(F)c1)c1ccccn1. The Bertz CT molecular complexity index is 575. The zero-order valence-corrected chi connectivity index (χ0v) is 9.89. The molecule has 0 spiro atoms. The van der Waals surface area contributed by atoms with E-state index in [4.69, 9.17) is 5.26 Å². The highest BCUT2D eigenvalue weighted by Crippen LogP contribution is 2.19. The van der Waals surface area contributed by atoms with E-state index in [0.29, 0.717) is 5.69 Å². The summed E-state index contributed by atoms with van der Waals surface area (Å²) in [5, 5.41) is 11.8. The summed E-state index contributed by atoms with van der Waals surface area (Å²) >= 11 is 0. The summed E-state index contributed by atoms with van der Waals surface area (Å²) in [6.45, 7) is 1.94. The second-order valence-corrected chi connectivity index (χ2v) is 3.93. The monoisotopic (exact) mass is 241 g/mol. The lowest BCUT2D eigenvalue weighted by Crippen LogP contribution is -2.08. The molecule has 1 aromatic heterocycles. The molecular weight excluding hydrogens is 229 g/mol. The van der Waals surface area contributed by atoms with Crippen molar-refractivity contribution in [2.45, 2.75) is 13.0 Å². The lowest BCUT2D eigenvalue weighted by molar-refractivity contribution is 0.624. The standard InChI is InChI=1S/C14H12FN3/c1-10(14-4-2-3-7-17-14)18-12-6-5-11(9-16)13(15)8-12/h2-8,10,18H,1H3. The topological polar surface area (TPSA) is 48.7 Å². The molecule has 1 N–H and O–H groups in total. The van der Waals surface area contributed by atoms with Crippen LogP contribution in [0.5, 0.6) is 0 Å². The summed E-state index contributed by atoms with van der Waals surface area (Å²) in [6.07, 6.45) is 1.72. The van der Waals surface area contributed by atoms with Crippen LogP contribution in [0.15, 0.2) is 42.6 Å². The summed E-state index contributed by atoms with van der Waals surface area (Å²) < 4.78 is 13.4. The van der Waals surface area contributed by atoms with Crippen LogP contribution >= 0.6 is 0 Å². The maximum absolute atomic E-state index is 13.4. The van der Waals surface area contributed by atoms with E-state index in [1.807, 2.05) is 25.1 Å². The van der Waals surface area contributed by atoms with E-state index in [9.17, 15) is 4.39 Å². The Morgan fingerprint density at radius 3 is 2.78 bits per heavy atom. The van der Waals surface area contributed by atoms with Crippen LogP contribution in [-0.2, 0) is 0 Å². The van der Waals surface area contributed by atoms with Gasteiger partial charge in [0, 0.05) is 11.9 Å². The first-order valence-corrected chi connectivity index (χ1v) is 5.58. The normalized spacial score (nSPS) is 11.6. The van der Waals surface area contributed by atoms with Gasteiger partial charge in [0.2, 0.25) is 0 Å². The van der Waals surface area contributed by atoms with E-state index in [1.54, 1.807) is 18.3 Å². The van der Waals surface area contributed by atoms with Crippen molar-refractivity contribution in [3.63, 3.8) is 0 Å². The van der Waals surface area contributed by atoms with E-state index in [1.165, 1.54) is 12.1 Å². The van der Waals surface area contributed by atoms with Crippen LogP contribution in [0.3, 0.4) is 0 Å². The van der Waals surface area contributed by atoms with E-state index in [-0.39, 0.29) is 11.6 Å². The average molecular weight is 241 g/mol. The van der Waals surface area contributed by atoms with Crippen LogP contribution in [0.1, 0.15) is 24.2 Å². The number of halogens is 1. The highest BCUT2D eigenvalue weighted by molar-refractivity contribution is 5.49. The van der Waals surface area contributed by atoms with Crippen LogP contribution in [0, 0.1) is 17.1 Å². The Balaban J connectivity index is 2.15. The van der Waals surface area contributed by atoms with Crippen LogP contribution < -0.4 is 5.32 Å². The van der Waals surface area contributed by atoms with Crippen molar-refractivity contribution in [2.75, 3.05) is 5.32 Å². The Kier molecular flexibility index (Phi) is 3.54. The third kappa shape index (κ3) is 2.64. The van der Waals surface area contributed by atoms with Crippen molar-refractivity contribution in [3.05, 3.63) is 59.7 Å². The quantitative estimate of drug-likeness (QED) is 0.897. The van der Waals surface area contributed by atoms with Crippen molar-refractivity contribution < 1.29 is 4.39 Å². The zero-order valence-electron chi connectivity index (χ0n) is 9.89. The molecule has 1 heterocycles. The van der Waals surface area contributed by atoms with Crippen LogP contribution in [0.4, 0.5) is 10.1 Å². The molecule has 0 amide bonds. The molecular formula is C14H12FN3. The van der Waals surface area contributed by atoms with Gasteiger partial charge in [0.25, 0.3) is 0 Å². The fraction of sp³-hybridized carbons (Fsp3) is 0.143. The van der Waals surface area contributed by atoms with Crippen molar-refractivity contribution in [1.29, 1.82) is 5.26 Å². The minimum Gasteiger partial charge on any atom is -0.377 e. The number of aromatic nitrogens is 1. The lowest BCUT2D eigenvalue weighted by atomic mass is 10.1. The van der Waals surface area contributed by atoms with Gasteiger partial charge in [-0.05, 0) is 37.3 Å². The highest BCUT2D eigenvalue weighted by Gasteiger charge is 2.08. The van der Waals surface area contributed by atoms with Gasteiger partial charge >= 0.3 is 0 Å². The molecule has 4 heteroatoms. The van der Waals surface area contributed by atoms with E-state index < -0.39 is 5.82 Å². The van der Waals surface area contributed by atoms with Gasteiger partial charge in [-0.1, -0.05) is 6.07 Å². The third-order valence-electron chi connectivity index (χ3n) is 2.60. The molecule has 0 aliphatic rings. The highest BCUT2D eigenvalue weighted by atomic mass is 19.1. The average Bonchev–Trinajstić information content (AvgIpc) is 2.40. The largest absolute Gasteiger partial charge is 0.377 e. The predicted molar refractivity (Wildman–Crippen MR) is 67.4 cm³/mol. The molecule has 0 bridgehead atoms. The summed E-state index contributed by atoms with van der Waals surface area (Å²) in [6, 6.07) is 11.9.